The number of nitrogens with one attached hydrogen (secondary N) is 1. The van der Waals surface area contributed by atoms with E-state index in [1.165, 1.54) is 122 Å². The molecule has 1 amide bonds. The number of ether oxygens (including phenoxy) is 6. The van der Waals surface area contributed by atoms with Gasteiger partial charge in [-0.3, -0.25) is 4.79 Å². The highest BCUT2D eigenvalue weighted by atomic mass is 16.8. The van der Waals surface area contributed by atoms with Gasteiger partial charge in [-0.05, 0) is 70.6 Å². The molecule has 544 valence electrons. The lowest BCUT2D eigenvalue weighted by Crippen LogP contribution is -2.66. The van der Waals surface area contributed by atoms with Crippen LogP contribution < -0.4 is 5.32 Å². The highest BCUT2D eigenvalue weighted by Crippen LogP contribution is 2.33. The normalized spacial score (nSPS) is 27.9. The number of aliphatic hydroxyl groups excluding tert-OH is 11. The molecular formula is C75H131NO18. The fraction of sp³-hybridized carbons (Fsp3) is 0.800. The first kappa shape index (κ1) is 85.2. The predicted molar refractivity (Wildman–Crippen MR) is 369 cm³/mol. The molecule has 3 fully saturated rings. The minimum Gasteiger partial charge on any atom is -0.394 e. The quantitative estimate of drug-likeness (QED) is 0.0199. The Morgan fingerprint density at radius 3 is 1.15 bits per heavy atom. The van der Waals surface area contributed by atoms with Crippen molar-refractivity contribution in [2.24, 2.45) is 0 Å². The van der Waals surface area contributed by atoms with Gasteiger partial charge in [-0.15, -0.1) is 0 Å². The van der Waals surface area contributed by atoms with E-state index in [-0.39, 0.29) is 18.9 Å². The highest BCUT2D eigenvalue weighted by molar-refractivity contribution is 5.76. The average Bonchev–Trinajstić information content (AvgIpc) is 0.788. The number of carbonyl (C=O) groups excluding carboxylic acids is 1. The zero-order valence-corrected chi connectivity index (χ0v) is 57.7. The van der Waals surface area contributed by atoms with Gasteiger partial charge in [-0.2, -0.15) is 0 Å². The van der Waals surface area contributed by atoms with Crippen LogP contribution in [0.4, 0.5) is 0 Å². The van der Waals surface area contributed by atoms with Crippen LogP contribution in [0.25, 0.3) is 0 Å². The van der Waals surface area contributed by atoms with Gasteiger partial charge in [0, 0.05) is 6.42 Å². The number of aliphatic hydroxyl groups is 11. The summed E-state index contributed by atoms with van der Waals surface area (Å²) < 4.78 is 34.4. The molecule has 17 unspecified atom stereocenters. The second-order valence-electron chi connectivity index (χ2n) is 26.0. The molecule has 0 aliphatic carbocycles. The third-order valence-corrected chi connectivity index (χ3v) is 17.9. The van der Waals surface area contributed by atoms with Crippen LogP contribution in [0, 0.1) is 0 Å². The summed E-state index contributed by atoms with van der Waals surface area (Å²) in [5.41, 5.74) is 0. The first-order valence-electron chi connectivity index (χ1n) is 36.8. The Morgan fingerprint density at radius 2 is 0.734 bits per heavy atom. The Balaban J connectivity index is 1.43. The summed E-state index contributed by atoms with van der Waals surface area (Å²) in [4.78, 5) is 13.4. The number of rotatable bonds is 56. The number of allylic oxidation sites excluding steroid dienone is 13. The second-order valence-corrected chi connectivity index (χ2v) is 26.0. The summed E-state index contributed by atoms with van der Waals surface area (Å²) in [6.45, 7) is 1.62. The summed E-state index contributed by atoms with van der Waals surface area (Å²) in [7, 11) is 0. The molecule has 3 aliphatic rings. The summed E-state index contributed by atoms with van der Waals surface area (Å²) in [5, 5.41) is 121. The minimum atomic E-state index is -1.98. The summed E-state index contributed by atoms with van der Waals surface area (Å²) in [5.74, 6) is -0.291. The van der Waals surface area contributed by atoms with Crippen molar-refractivity contribution in [1.82, 2.24) is 5.32 Å². The molecule has 94 heavy (non-hydrogen) atoms. The Bertz CT molecular complexity index is 2030. The van der Waals surface area contributed by atoms with Crippen LogP contribution in [0.3, 0.4) is 0 Å². The molecule has 3 saturated heterocycles. The van der Waals surface area contributed by atoms with Crippen LogP contribution in [0.2, 0.25) is 0 Å². The van der Waals surface area contributed by atoms with Crippen LogP contribution in [0.5, 0.6) is 0 Å². The predicted octanol–water partition coefficient (Wildman–Crippen LogP) is 10.7. The molecule has 0 spiro atoms. The van der Waals surface area contributed by atoms with Crippen LogP contribution in [-0.4, -0.2) is 193 Å². The Morgan fingerprint density at radius 1 is 0.394 bits per heavy atom. The Kier molecular flexibility index (Phi) is 50.6. The lowest BCUT2D eigenvalue weighted by atomic mass is 9.96. The largest absolute Gasteiger partial charge is 0.394 e. The topological polar surface area (TPSA) is 307 Å². The lowest BCUT2D eigenvalue weighted by molar-refractivity contribution is -0.379. The Labute approximate surface area is 565 Å². The summed E-state index contributed by atoms with van der Waals surface area (Å²) in [6, 6.07) is -0.988. The van der Waals surface area contributed by atoms with E-state index in [1.54, 1.807) is 6.08 Å². The SMILES string of the molecule is CC/C=C\C/C=C\C/C=C\C/C=C\C/C=C\C/C=C\CCCCCCCCC(=O)NC(COC1OC(CO)C(OC2OC(CO)C(OC3OC(CO)C(O)C(O)C3O)C(O)C2O)C(O)C1O)C(O)/C=C/CCCCCCCCCCCCCCCCCCCCCCCC. The molecule has 0 aromatic carbocycles. The second kappa shape index (κ2) is 55.8. The van der Waals surface area contributed by atoms with Gasteiger partial charge in [-0.1, -0.05) is 259 Å². The van der Waals surface area contributed by atoms with E-state index in [4.69, 9.17) is 28.4 Å². The minimum absolute atomic E-state index is 0.222. The molecule has 3 aliphatic heterocycles. The standard InChI is InChI=1S/C75H131NO18/c1-3-5-7-9-11-13-15-17-19-21-23-25-27-29-31-33-35-37-39-41-43-45-47-49-51-53-63(81)76-58(59(80)52-50-48-46-44-42-40-38-36-34-32-30-28-26-24-22-20-18-16-14-12-10-8-6-4-2)57-89-73-69(87)66(84)71(61(55-78)91-73)94-75-70(88)67(85)72(62(56-79)92-75)93-74-68(86)65(83)64(82)60(54-77)90-74/h5,7,11,13,17,19,23,25,29,31,35,37,50,52,58-62,64-75,77-80,82-88H,3-4,6,8-10,12,14-16,18,20-22,24,26-28,30,32-34,36,38-49,51,53-57H2,1-2H3,(H,76,81)/b7-5-,13-11-,19-17-,25-23-,31-29-,37-35-,52-50+. The maximum absolute atomic E-state index is 13.4. The van der Waals surface area contributed by atoms with Crippen LogP contribution in [-0.2, 0) is 33.2 Å². The van der Waals surface area contributed by atoms with Gasteiger partial charge < -0.3 is 89.9 Å². The molecule has 0 radical (unpaired) electrons. The molecule has 0 aromatic heterocycles. The third-order valence-electron chi connectivity index (χ3n) is 17.9. The summed E-state index contributed by atoms with van der Waals surface area (Å²) >= 11 is 0. The van der Waals surface area contributed by atoms with E-state index >= 15 is 0 Å². The van der Waals surface area contributed by atoms with Gasteiger partial charge in [0.15, 0.2) is 18.9 Å². The molecular weight excluding hydrogens is 1200 g/mol. The molecule has 0 saturated carbocycles. The van der Waals surface area contributed by atoms with Crippen molar-refractivity contribution in [3.05, 3.63) is 85.1 Å². The van der Waals surface area contributed by atoms with E-state index in [9.17, 15) is 61.0 Å². The zero-order chi connectivity index (χ0) is 68.2. The van der Waals surface area contributed by atoms with Gasteiger partial charge in [0.1, 0.15) is 73.2 Å². The zero-order valence-electron chi connectivity index (χ0n) is 57.7. The van der Waals surface area contributed by atoms with Crippen molar-refractivity contribution in [1.29, 1.82) is 0 Å². The van der Waals surface area contributed by atoms with Crippen LogP contribution >= 0.6 is 0 Å². The fourth-order valence-electron chi connectivity index (χ4n) is 12.0. The molecule has 0 bridgehead atoms. The van der Waals surface area contributed by atoms with Crippen molar-refractivity contribution in [2.45, 2.75) is 356 Å². The first-order valence-corrected chi connectivity index (χ1v) is 36.8. The van der Waals surface area contributed by atoms with E-state index in [0.717, 1.165) is 103 Å². The van der Waals surface area contributed by atoms with Crippen molar-refractivity contribution in [3.63, 3.8) is 0 Å². The molecule has 19 heteroatoms. The third kappa shape index (κ3) is 36.7. The van der Waals surface area contributed by atoms with Crippen molar-refractivity contribution in [2.75, 3.05) is 26.4 Å². The number of amides is 1. The van der Waals surface area contributed by atoms with Crippen LogP contribution in [0.1, 0.15) is 251 Å². The molecule has 17 atom stereocenters. The van der Waals surface area contributed by atoms with E-state index in [1.807, 2.05) is 6.08 Å². The monoisotopic (exact) mass is 1330 g/mol. The number of carbonyl (C=O) groups is 1. The van der Waals surface area contributed by atoms with Gasteiger partial charge in [0.25, 0.3) is 0 Å². The van der Waals surface area contributed by atoms with Gasteiger partial charge in [0.2, 0.25) is 5.91 Å². The van der Waals surface area contributed by atoms with E-state index < -0.39 is 124 Å². The summed E-state index contributed by atoms with van der Waals surface area (Å²) in [6.07, 6.45) is 45.5. The van der Waals surface area contributed by atoms with Crippen LogP contribution in [0.15, 0.2) is 85.1 Å². The molecule has 12 N–H and O–H groups in total. The first-order chi connectivity index (χ1) is 45.8. The van der Waals surface area contributed by atoms with E-state index in [2.05, 4.69) is 92.1 Å². The van der Waals surface area contributed by atoms with Gasteiger partial charge in [-0.25, -0.2) is 0 Å². The lowest BCUT2D eigenvalue weighted by Gasteiger charge is -2.48. The highest BCUT2D eigenvalue weighted by Gasteiger charge is 2.53. The van der Waals surface area contributed by atoms with Crippen molar-refractivity contribution < 1.29 is 89.4 Å². The van der Waals surface area contributed by atoms with Gasteiger partial charge >= 0.3 is 0 Å². The maximum atomic E-state index is 13.4. The Hall–Kier alpha value is -3.03. The number of hydrogen-bond acceptors (Lipinski definition) is 18. The maximum Gasteiger partial charge on any atom is 0.220 e. The van der Waals surface area contributed by atoms with Crippen molar-refractivity contribution in [3.8, 4) is 0 Å². The number of unbranched alkanes of at least 4 members (excludes halogenated alkanes) is 28. The molecule has 0 aromatic rings. The molecule has 3 heterocycles. The molecule has 19 nitrogen and oxygen atoms in total. The van der Waals surface area contributed by atoms with E-state index in [0.29, 0.717) is 6.42 Å². The average molecular weight is 1330 g/mol. The fourth-order valence-corrected chi connectivity index (χ4v) is 12.0. The van der Waals surface area contributed by atoms with Gasteiger partial charge in [0.05, 0.1) is 38.6 Å². The van der Waals surface area contributed by atoms with Crippen molar-refractivity contribution >= 4 is 5.91 Å². The number of hydrogen-bond donors (Lipinski definition) is 12. The smallest absolute Gasteiger partial charge is 0.220 e. The molecule has 3 rings (SSSR count).